The van der Waals surface area contributed by atoms with E-state index in [1.54, 1.807) is 4.90 Å². The molecule has 132 valence electrons. The summed E-state index contributed by atoms with van der Waals surface area (Å²) in [6.07, 6.45) is -1.78. The molecule has 0 aromatic rings. The molecule has 2 amide bonds. The van der Waals surface area contributed by atoms with Crippen molar-refractivity contribution in [3.05, 3.63) is 0 Å². The second-order valence-electron chi connectivity index (χ2n) is 7.50. The summed E-state index contributed by atoms with van der Waals surface area (Å²) in [5.41, 5.74) is 3.47. The lowest BCUT2D eigenvalue weighted by atomic mass is 9.86. The molecule has 2 saturated heterocycles. The number of hydrogen-bond donors (Lipinski definition) is 3. The zero-order valence-electron chi connectivity index (χ0n) is 13.4. The zero-order chi connectivity index (χ0) is 16.9. The van der Waals surface area contributed by atoms with Gasteiger partial charge in [0.1, 0.15) is 0 Å². The maximum Gasteiger partial charge on any atom is 0.396 e. The van der Waals surface area contributed by atoms with E-state index in [1.807, 2.05) is 6.92 Å². The number of halogens is 3. The van der Waals surface area contributed by atoms with Gasteiger partial charge in [-0.2, -0.15) is 13.2 Å². The molecule has 8 heteroatoms. The zero-order valence-corrected chi connectivity index (χ0v) is 13.4. The number of nitrogens with one attached hydrogen (secondary N) is 2. The number of piperidine rings is 2. The molecule has 0 spiro atoms. The Labute approximate surface area is 134 Å². The fourth-order valence-corrected chi connectivity index (χ4v) is 4.19. The Morgan fingerprint density at radius 1 is 1.30 bits per heavy atom. The molecule has 0 radical (unpaired) electrons. The third kappa shape index (κ3) is 2.59. The third-order valence-corrected chi connectivity index (χ3v) is 6.29. The van der Waals surface area contributed by atoms with Gasteiger partial charge in [-0.25, -0.2) is 4.79 Å². The molecule has 0 bridgehead atoms. The molecule has 0 aromatic carbocycles. The van der Waals surface area contributed by atoms with Crippen LogP contribution < -0.4 is 16.4 Å². The number of likely N-dealkylation sites (tertiary alicyclic amines) is 1. The first kappa shape index (κ1) is 16.8. The standard InChI is InChI=1S/C15H25F3N4O/c1-2-13(19)3-5-22(6-4-13)11(23)21-9-12-7-14(12,10-20-8-12)15(16,17)18/h20H,2-10,19H2,1H3,(H,21,23)/t12-,14-/m1/s1. The van der Waals surface area contributed by atoms with Crippen molar-refractivity contribution in [2.75, 3.05) is 32.7 Å². The van der Waals surface area contributed by atoms with Crippen LogP contribution in [0.1, 0.15) is 32.6 Å². The van der Waals surface area contributed by atoms with Gasteiger partial charge in [0.05, 0.1) is 5.41 Å². The Morgan fingerprint density at radius 3 is 2.48 bits per heavy atom. The summed E-state index contributed by atoms with van der Waals surface area (Å²) < 4.78 is 39.8. The van der Waals surface area contributed by atoms with Crippen LogP contribution in [0, 0.1) is 10.8 Å². The van der Waals surface area contributed by atoms with Crippen LogP contribution in [0.2, 0.25) is 0 Å². The van der Waals surface area contributed by atoms with E-state index in [9.17, 15) is 18.0 Å². The Hall–Kier alpha value is -1.02. The SMILES string of the molecule is CCC1(N)CCN(C(=O)NC[C@@]23CNC[C@]2(C(F)(F)F)C3)CC1. The lowest BCUT2D eigenvalue weighted by molar-refractivity contribution is -0.190. The van der Waals surface area contributed by atoms with Gasteiger partial charge in [0.15, 0.2) is 0 Å². The predicted octanol–water partition coefficient (Wildman–Crippen LogP) is 1.44. The van der Waals surface area contributed by atoms with Crippen LogP contribution in [-0.2, 0) is 0 Å². The molecule has 3 fully saturated rings. The number of hydrogen-bond acceptors (Lipinski definition) is 3. The fourth-order valence-electron chi connectivity index (χ4n) is 4.19. The molecule has 3 aliphatic rings. The van der Waals surface area contributed by atoms with E-state index < -0.39 is 17.0 Å². The first-order valence-electron chi connectivity index (χ1n) is 8.26. The fraction of sp³-hybridized carbons (Fsp3) is 0.933. The average molecular weight is 334 g/mol. The molecule has 1 aliphatic carbocycles. The number of carbonyl (C=O) groups excluding carboxylic acids is 1. The van der Waals surface area contributed by atoms with Crippen molar-refractivity contribution in [3.8, 4) is 0 Å². The minimum absolute atomic E-state index is 0.0394. The van der Waals surface area contributed by atoms with Crippen molar-refractivity contribution < 1.29 is 18.0 Å². The van der Waals surface area contributed by atoms with Gasteiger partial charge in [-0.15, -0.1) is 0 Å². The van der Waals surface area contributed by atoms with E-state index >= 15 is 0 Å². The molecular weight excluding hydrogens is 309 g/mol. The van der Waals surface area contributed by atoms with Gasteiger partial charge < -0.3 is 21.3 Å². The van der Waals surface area contributed by atoms with Crippen molar-refractivity contribution in [3.63, 3.8) is 0 Å². The number of nitrogens with zero attached hydrogens (tertiary/aromatic N) is 1. The minimum Gasteiger partial charge on any atom is -0.337 e. The molecule has 2 atom stereocenters. The van der Waals surface area contributed by atoms with Crippen molar-refractivity contribution in [2.24, 2.45) is 16.6 Å². The highest BCUT2D eigenvalue weighted by atomic mass is 19.4. The third-order valence-electron chi connectivity index (χ3n) is 6.29. The summed E-state index contributed by atoms with van der Waals surface area (Å²) in [6, 6.07) is -0.271. The average Bonchev–Trinajstić information content (AvgIpc) is 3.02. The smallest absolute Gasteiger partial charge is 0.337 e. The number of alkyl halides is 3. The van der Waals surface area contributed by atoms with Crippen LogP contribution in [0.5, 0.6) is 0 Å². The van der Waals surface area contributed by atoms with Crippen molar-refractivity contribution in [2.45, 2.75) is 44.3 Å². The summed E-state index contributed by atoms with van der Waals surface area (Å²) in [6.45, 7) is 3.51. The lowest BCUT2D eigenvalue weighted by Gasteiger charge is -2.38. The molecule has 2 heterocycles. The second kappa shape index (κ2) is 5.24. The number of carbonyl (C=O) groups is 1. The monoisotopic (exact) mass is 334 g/mol. The van der Waals surface area contributed by atoms with E-state index in [2.05, 4.69) is 10.6 Å². The molecule has 23 heavy (non-hydrogen) atoms. The van der Waals surface area contributed by atoms with Gasteiger partial charge in [0, 0.05) is 43.7 Å². The number of nitrogens with two attached hydrogens (primary N) is 1. The van der Waals surface area contributed by atoms with Crippen LogP contribution in [0.4, 0.5) is 18.0 Å². The number of amides is 2. The summed E-state index contributed by atoms with van der Waals surface area (Å²) >= 11 is 0. The minimum atomic E-state index is -4.22. The van der Waals surface area contributed by atoms with Crippen LogP contribution >= 0.6 is 0 Å². The van der Waals surface area contributed by atoms with E-state index in [0.29, 0.717) is 19.6 Å². The van der Waals surface area contributed by atoms with Gasteiger partial charge >= 0.3 is 12.2 Å². The molecule has 0 unspecified atom stereocenters. The van der Waals surface area contributed by atoms with E-state index in [1.165, 1.54) is 0 Å². The summed E-state index contributed by atoms with van der Waals surface area (Å²) in [5, 5.41) is 5.56. The van der Waals surface area contributed by atoms with Crippen molar-refractivity contribution in [1.29, 1.82) is 0 Å². The maximum absolute atomic E-state index is 13.3. The Kier molecular flexibility index (Phi) is 3.83. The first-order valence-corrected chi connectivity index (χ1v) is 8.26. The largest absolute Gasteiger partial charge is 0.396 e. The number of fused-ring (bicyclic) bond motifs is 1. The van der Waals surface area contributed by atoms with Crippen molar-refractivity contribution >= 4 is 6.03 Å². The molecule has 0 aromatic heterocycles. The van der Waals surface area contributed by atoms with Gasteiger partial charge in [-0.05, 0) is 25.7 Å². The van der Waals surface area contributed by atoms with E-state index in [-0.39, 0.29) is 31.1 Å². The second-order valence-corrected chi connectivity index (χ2v) is 7.50. The molecule has 3 rings (SSSR count). The molecular formula is C15H25F3N4O. The van der Waals surface area contributed by atoms with Gasteiger partial charge in [-0.1, -0.05) is 6.92 Å². The highest BCUT2D eigenvalue weighted by molar-refractivity contribution is 5.74. The van der Waals surface area contributed by atoms with Crippen LogP contribution in [0.15, 0.2) is 0 Å². The maximum atomic E-state index is 13.3. The number of rotatable bonds is 3. The Morgan fingerprint density at radius 2 is 1.96 bits per heavy atom. The predicted molar refractivity (Wildman–Crippen MR) is 79.8 cm³/mol. The van der Waals surface area contributed by atoms with Crippen LogP contribution in [0.25, 0.3) is 0 Å². The lowest BCUT2D eigenvalue weighted by Crippen LogP contribution is -2.54. The summed E-state index contributed by atoms with van der Waals surface area (Å²) in [7, 11) is 0. The van der Waals surface area contributed by atoms with Gasteiger partial charge in [0.25, 0.3) is 0 Å². The molecule has 4 N–H and O–H groups in total. The normalized spacial score (nSPS) is 35.8. The number of urea groups is 1. The van der Waals surface area contributed by atoms with Crippen LogP contribution in [0.3, 0.4) is 0 Å². The molecule has 5 nitrogen and oxygen atoms in total. The van der Waals surface area contributed by atoms with Crippen LogP contribution in [-0.4, -0.2) is 55.4 Å². The van der Waals surface area contributed by atoms with Gasteiger partial charge in [-0.3, -0.25) is 0 Å². The summed E-state index contributed by atoms with van der Waals surface area (Å²) in [4.78, 5) is 13.9. The quantitative estimate of drug-likeness (QED) is 0.731. The topological polar surface area (TPSA) is 70.4 Å². The van der Waals surface area contributed by atoms with E-state index in [4.69, 9.17) is 5.73 Å². The van der Waals surface area contributed by atoms with Gasteiger partial charge in [0.2, 0.25) is 0 Å². The molecule has 1 saturated carbocycles. The highest BCUT2D eigenvalue weighted by Gasteiger charge is 2.81. The Balaban J connectivity index is 1.53. The van der Waals surface area contributed by atoms with E-state index in [0.717, 1.165) is 19.3 Å². The van der Waals surface area contributed by atoms with Crippen molar-refractivity contribution in [1.82, 2.24) is 15.5 Å². The molecule has 2 aliphatic heterocycles. The first-order chi connectivity index (χ1) is 10.7. The summed E-state index contributed by atoms with van der Waals surface area (Å²) in [5.74, 6) is 0. The Bertz CT molecular complexity index is 490. The highest BCUT2D eigenvalue weighted by Crippen LogP contribution is 2.72.